The summed E-state index contributed by atoms with van der Waals surface area (Å²) in [6.07, 6.45) is 5.02. The Morgan fingerprint density at radius 1 is 1.21 bits per heavy atom. The van der Waals surface area contributed by atoms with Gasteiger partial charge in [-0.05, 0) is 66.0 Å². The summed E-state index contributed by atoms with van der Waals surface area (Å²) in [6, 6.07) is 0.466. The van der Waals surface area contributed by atoms with Crippen molar-refractivity contribution in [2.24, 2.45) is 5.73 Å². The minimum Gasteiger partial charge on any atom is -0.328 e. The highest BCUT2D eigenvalue weighted by atomic mass is 15.1. The van der Waals surface area contributed by atoms with Crippen molar-refractivity contribution in [3.05, 3.63) is 0 Å². The van der Waals surface area contributed by atoms with Crippen LogP contribution in [0.4, 0.5) is 0 Å². The van der Waals surface area contributed by atoms with Crippen LogP contribution < -0.4 is 5.73 Å². The molecular weight excluding hydrogens is 174 g/mol. The van der Waals surface area contributed by atoms with Gasteiger partial charge < -0.3 is 15.5 Å². The molecule has 1 rings (SSSR count). The standard InChI is InChI=1S/C11H25N3/c1-13(2)7-3-4-8-14-9-5-11(12)6-10-14/h11H,3-10,12H2,1-2H3. The highest BCUT2D eigenvalue weighted by Gasteiger charge is 2.14. The van der Waals surface area contributed by atoms with Gasteiger partial charge in [0, 0.05) is 6.04 Å². The van der Waals surface area contributed by atoms with E-state index in [4.69, 9.17) is 5.73 Å². The van der Waals surface area contributed by atoms with E-state index in [2.05, 4.69) is 23.9 Å². The summed E-state index contributed by atoms with van der Waals surface area (Å²) in [5.41, 5.74) is 5.86. The average molecular weight is 199 g/mol. The lowest BCUT2D eigenvalue weighted by Crippen LogP contribution is -2.40. The fourth-order valence-electron chi connectivity index (χ4n) is 1.94. The molecule has 84 valence electrons. The first-order chi connectivity index (χ1) is 6.68. The molecule has 0 amide bonds. The third kappa shape index (κ3) is 4.94. The summed E-state index contributed by atoms with van der Waals surface area (Å²) in [7, 11) is 4.28. The van der Waals surface area contributed by atoms with Crippen LogP contribution in [0.3, 0.4) is 0 Å². The van der Waals surface area contributed by atoms with E-state index in [0.717, 1.165) is 0 Å². The number of piperidine rings is 1. The maximum Gasteiger partial charge on any atom is 0.00631 e. The Kier molecular flexibility index (Phi) is 5.45. The molecule has 3 nitrogen and oxygen atoms in total. The normalized spacial score (nSPS) is 20.6. The zero-order chi connectivity index (χ0) is 10.4. The van der Waals surface area contributed by atoms with Crippen LogP contribution in [0.1, 0.15) is 25.7 Å². The number of unbranched alkanes of at least 4 members (excludes halogenated alkanes) is 1. The molecule has 0 aliphatic carbocycles. The van der Waals surface area contributed by atoms with Crippen molar-refractivity contribution in [3.63, 3.8) is 0 Å². The molecule has 0 aromatic rings. The second kappa shape index (κ2) is 6.38. The second-order valence-corrected chi connectivity index (χ2v) is 4.69. The third-order valence-electron chi connectivity index (χ3n) is 2.96. The Morgan fingerprint density at radius 3 is 2.43 bits per heavy atom. The van der Waals surface area contributed by atoms with Crippen LogP contribution in [0.2, 0.25) is 0 Å². The molecule has 1 saturated heterocycles. The molecule has 1 aliphatic heterocycles. The van der Waals surface area contributed by atoms with Crippen molar-refractivity contribution in [1.29, 1.82) is 0 Å². The van der Waals surface area contributed by atoms with Crippen molar-refractivity contribution in [3.8, 4) is 0 Å². The smallest absolute Gasteiger partial charge is 0.00631 e. The van der Waals surface area contributed by atoms with Gasteiger partial charge in [-0.1, -0.05) is 0 Å². The van der Waals surface area contributed by atoms with E-state index in [9.17, 15) is 0 Å². The number of rotatable bonds is 5. The largest absolute Gasteiger partial charge is 0.328 e. The van der Waals surface area contributed by atoms with E-state index in [1.165, 1.54) is 51.9 Å². The van der Waals surface area contributed by atoms with Crippen molar-refractivity contribution in [2.45, 2.75) is 31.7 Å². The molecular formula is C11H25N3. The molecule has 0 saturated carbocycles. The van der Waals surface area contributed by atoms with Gasteiger partial charge in [-0.2, -0.15) is 0 Å². The Morgan fingerprint density at radius 2 is 1.86 bits per heavy atom. The number of hydrogen-bond acceptors (Lipinski definition) is 3. The van der Waals surface area contributed by atoms with Gasteiger partial charge in [0.15, 0.2) is 0 Å². The monoisotopic (exact) mass is 199 g/mol. The van der Waals surface area contributed by atoms with Crippen LogP contribution in [0, 0.1) is 0 Å². The number of nitrogens with two attached hydrogens (primary N) is 1. The molecule has 0 bridgehead atoms. The van der Waals surface area contributed by atoms with Crippen molar-refractivity contribution in [1.82, 2.24) is 9.80 Å². The van der Waals surface area contributed by atoms with Gasteiger partial charge in [-0.25, -0.2) is 0 Å². The predicted octanol–water partition coefficient (Wildman–Crippen LogP) is 0.751. The highest BCUT2D eigenvalue weighted by Crippen LogP contribution is 2.08. The lowest BCUT2D eigenvalue weighted by Gasteiger charge is -2.30. The average Bonchev–Trinajstić information content (AvgIpc) is 2.15. The first-order valence-corrected chi connectivity index (χ1v) is 5.81. The maximum absolute atomic E-state index is 5.86. The fraction of sp³-hybridized carbons (Fsp3) is 1.00. The van der Waals surface area contributed by atoms with Gasteiger partial charge in [0.1, 0.15) is 0 Å². The zero-order valence-corrected chi connectivity index (χ0v) is 9.71. The van der Waals surface area contributed by atoms with E-state index < -0.39 is 0 Å². The molecule has 1 fully saturated rings. The molecule has 0 radical (unpaired) electrons. The molecule has 3 heteroatoms. The molecule has 1 heterocycles. The third-order valence-corrected chi connectivity index (χ3v) is 2.96. The van der Waals surface area contributed by atoms with Gasteiger partial charge >= 0.3 is 0 Å². The fourth-order valence-corrected chi connectivity index (χ4v) is 1.94. The van der Waals surface area contributed by atoms with E-state index in [1.54, 1.807) is 0 Å². The van der Waals surface area contributed by atoms with Crippen LogP contribution in [0.5, 0.6) is 0 Å². The van der Waals surface area contributed by atoms with E-state index in [-0.39, 0.29) is 0 Å². The maximum atomic E-state index is 5.86. The van der Waals surface area contributed by atoms with E-state index in [1.807, 2.05) is 0 Å². The second-order valence-electron chi connectivity index (χ2n) is 4.69. The SMILES string of the molecule is CN(C)CCCCN1CCC(N)CC1. The Hall–Kier alpha value is -0.120. The Labute approximate surface area is 88.2 Å². The topological polar surface area (TPSA) is 32.5 Å². The van der Waals surface area contributed by atoms with Crippen LogP contribution in [0.15, 0.2) is 0 Å². The lowest BCUT2D eigenvalue weighted by molar-refractivity contribution is 0.207. The Balaban J connectivity index is 1.96. The number of likely N-dealkylation sites (tertiary alicyclic amines) is 1. The molecule has 0 aromatic carbocycles. The van der Waals surface area contributed by atoms with E-state index >= 15 is 0 Å². The van der Waals surface area contributed by atoms with Gasteiger partial charge in [-0.3, -0.25) is 0 Å². The molecule has 14 heavy (non-hydrogen) atoms. The minimum absolute atomic E-state index is 0.466. The summed E-state index contributed by atoms with van der Waals surface area (Å²) >= 11 is 0. The predicted molar refractivity (Wildman–Crippen MR) is 61.4 cm³/mol. The first kappa shape index (κ1) is 12.0. The van der Waals surface area contributed by atoms with Gasteiger partial charge in [-0.15, -0.1) is 0 Å². The summed E-state index contributed by atoms with van der Waals surface area (Å²) < 4.78 is 0. The summed E-state index contributed by atoms with van der Waals surface area (Å²) in [6.45, 7) is 4.90. The zero-order valence-electron chi connectivity index (χ0n) is 9.71. The van der Waals surface area contributed by atoms with E-state index in [0.29, 0.717) is 6.04 Å². The highest BCUT2D eigenvalue weighted by molar-refractivity contribution is 4.73. The molecule has 1 aliphatic rings. The Bertz CT molecular complexity index is 139. The van der Waals surface area contributed by atoms with Gasteiger partial charge in [0.25, 0.3) is 0 Å². The van der Waals surface area contributed by atoms with Gasteiger partial charge in [0.2, 0.25) is 0 Å². The van der Waals surface area contributed by atoms with Crippen LogP contribution >= 0.6 is 0 Å². The molecule has 0 spiro atoms. The molecule has 2 N–H and O–H groups in total. The summed E-state index contributed by atoms with van der Waals surface area (Å²) in [5.74, 6) is 0. The quantitative estimate of drug-likeness (QED) is 0.663. The van der Waals surface area contributed by atoms with Gasteiger partial charge in [0.05, 0.1) is 0 Å². The molecule has 0 atom stereocenters. The summed E-state index contributed by atoms with van der Waals surface area (Å²) in [4.78, 5) is 4.81. The van der Waals surface area contributed by atoms with Crippen LogP contribution in [0.25, 0.3) is 0 Å². The molecule has 0 aromatic heterocycles. The lowest BCUT2D eigenvalue weighted by atomic mass is 10.1. The first-order valence-electron chi connectivity index (χ1n) is 5.81. The van der Waals surface area contributed by atoms with Crippen LogP contribution in [-0.4, -0.2) is 56.1 Å². The minimum atomic E-state index is 0.466. The van der Waals surface area contributed by atoms with Crippen molar-refractivity contribution >= 4 is 0 Å². The molecule has 0 unspecified atom stereocenters. The summed E-state index contributed by atoms with van der Waals surface area (Å²) in [5, 5.41) is 0. The number of hydrogen-bond donors (Lipinski definition) is 1. The van der Waals surface area contributed by atoms with Crippen LogP contribution in [-0.2, 0) is 0 Å². The van der Waals surface area contributed by atoms with Crippen molar-refractivity contribution in [2.75, 3.05) is 40.3 Å². The number of nitrogens with zero attached hydrogens (tertiary/aromatic N) is 2. The van der Waals surface area contributed by atoms with Crippen molar-refractivity contribution < 1.29 is 0 Å².